The van der Waals surface area contributed by atoms with Crippen LogP contribution in [0.15, 0.2) is 36.0 Å². The zero-order valence-corrected chi connectivity index (χ0v) is 15.2. The lowest BCUT2D eigenvalue weighted by Crippen LogP contribution is -2.54. The first kappa shape index (κ1) is 17.1. The van der Waals surface area contributed by atoms with Crippen LogP contribution in [0.2, 0.25) is 0 Å². The van der Waals surface area contributed by atoms with Gasteiger partial charge in [-0.3, -0.25) is 20.0 Å². The van der Waals surface area contributed by atoms with Gasteiger partial charge in [0.05, 0.1) is 17.5 Å². The van der Waals surface area contributed by atoms with Gasteiger partial charge in [0.1, 0.15) is 5.70 Å². The van der Waals surface area contributed by atoms with E-state index in [1.807, 2.05) is 18.2 Å². The summed E-state index contributed by atoms with van der Waals surface area (Å²) >= 11 is 0. The smallest absolute Gasteiger partial charge is 0.271 e. The van der Waals surface area contributed by atoms with Gasteiger partial charge in [-0.05, 0) is 30.0 Å². The lowest BCUT2D eigenvalue weighted by molar-refractivity contribution is -0.138. The van der Waals surface area contributed by atoms with Gasteiger partial charge < -0.3 is 4.90 Å². The standard InChI is InChI=1S/C18H21N3O4S/c22-17-6-5-16(19-21(17)15-8-10-26(24,25)12-15)18(23)20-9-7-13-3-1-2-4-14(13)11-20/h1-5,15,19H,6-12H2/t15-/m1/s1. The topological polar surface area (TPSA) is 86.8 Å². The number of hydrogen-bond acceptors (Lipinski definition) is 5. The van der Waals surface area contributed by atoms with E-state index >= 15 is 0 Å². The van der Waals surface area contributed by atoms with Crippen molar-refractivity contribution in [1.82, 2.24) is 15.3 Å². The summed E-state index contributed by atoms with van der Waals surface area (Å²) < 4.78 is 23.4. The van der Waals surface area contributed by atoms with Crippen molar-refractivity contribution in [2.75, 3.05) is 18.1 Å². The van der Waals surface area contributed by atoms with E-state index in [4.69, 9.17) is 0 Å². The van der Waals surface area contributed by atoms with E-state index in [-0.39, 0.29) is 29.7 Å². The first-order chi connectivity index (χ1) is 12.4. The van der Waals surface area contributed by atoms with Crippen LogP contribution >= 0.6 is 0 Å². The number of nitrogens with zero attached hydrogens (tertiary/aromatic N) is 2. The molecule has 2 amide bonds. The maximum atomic E-state index is 12.9. The van der Waals surface area contributed by atoms with Gasteiger partial charge >= 0.3 is 0 Å². The van der Waals surface area contributed by atoms with Gasteiger partial charge in [0.15, 0.2) is 9.84 Å². The highest BCUT2D eigenvalue weighted by atomic mass is 32.2. The molecule has 0 aliphatic carbocycles. The van der Waals surface area contributed by atoms with Gasteiger partial charge in [0.2, 0.25) is 5.91 Å². The zero-order valence-electron chi connectivity index (χ0n) is 14.3. The average molecular weight is 375 g/mol. The highest BCUT2D eigenvalue weighted by Gasteiger charge is 2.37. The molecule has 3 aliphatic rings. The second-order valence-corrected chi connectivity index (χ2v) is 9.23. The molecule has 3 heterocycles. The second kappa shape index (κ2) is 6.42. The molecule has 1 saturated heterocycles. The van der Waals surface area contributed by atoms with E-state index in [0.717, 1.165) is 12.0 Å². The van der Waals surface area contributed by atoms with Gasteiger partial charge in [-0.1, -0.05) is 24.3 Å². The third-order valence-corrected chi connectivity index (χ3v) is 6.96. The number of hydrogen-bond donors (Lipinski definition) is 1. The molecule has 0 unspecified atom stereocenters. The van der Waals surface area contributed by atoms with Gasteiger partial charge in [0, 0.05) is 19.5 Å². The van der Waals surface area contributed by atoms with E-state index in [1.54, 1.807) is 11.0 Å². The molecule has 3 aliphatic heterocycles. The van der Waals surface area contributed by atoms with Crippen LogP contribution in [0.5, 0.6) is 0 Å². The molecule has 0 spiro atoms. The number of benzene rings is 1. The quantitative estimate of drug-likeness (QED) is 0.808. The Bertz CT molecular complexity index is 893. The molecule has 0 aromatic heterocycles. The third-order valence-electron chi connectivity index (χ3n) is 5.21. The van der Waals surface area contributed by atoms with Crippen molar-refractivity contribution in [2.45, 2.75) is 31.8 Å². The van der Waals surface area contributed by atoms with Gasteiger partial charge in [-0.15, -0.1) is 0 Å². The fourth-order valence-corrected chi connectivity index (χ4v) is 5.47. The summed E-state index contributed by atoms with van der Waals surface area (Å²) in [5, 5.41) is 1.34. The molecule has 1 N–H and O–H groups in total. The lowest BCUT2D eigenvalue weighted by atomic mass is 9.99. The molecule has 1 fully saturated rings. The predicted octanol–water partition coefficient (Wildman–Crippen LogP) is 0.379. The molecule has 1 aromatic rings. The predicted molar refractivity (Wildman–Crippen MR) is 95.3 cm³/mol. The summed E-state index contributed by atoms with van der Waals surface area (Å²) in [4.78, 5) is 26.9. The summed E-state index contributed by atoms with van der Waals surface area (Å²) in [6.07, 6.45) is 2.92. The van der Waals surface area contributed by atoms with Crippen LogP contribution in [0.25, 0.3) is 0 Å². The van der Waals surface area contributed by atoms with E-state index in [2.05, 4.69) is 11.5 Å². The van der Waals surface area contributed by atoms with E-state index in [9.17, 15) is 18.0 Å². The minimum absolute atomic E-state index is 0.0513. The summed E-state index contributed by atoms with van der Waals surface area (Å²) in [5.41, 5.74) is 5.64. The minimum Gasteiger partial charge on any atom is -0.333 e. The van der Waals surface area contributed by atoms with Crippen LogP contribution in [0.4, 0.5) is 0 Å². The van der Waals surface area contributed by atoms with Crippen LogP contribution in [-0.4, -0.2) is 54.2 Å². The van der Waals surface area contributed by atoms with Crippen LogP contribution in [0.1, 0.15) is 24.0 Å². The van der Waals surface area contributed by atoms with E-state index in [0.29, 0.717) is 25.2 Å². The van der Waals surface area contributed by atoms with E-state index < -0.39 is 15.9 Å². The van der Waals surface area contributed by atoms with Crippen molar-refractivity contribution in [3.63, 3.8) is 0 Å². The van der Waals surface area contributed by atoms with Crippen LogP contribution < -0.4 is 5.43 Å². The SMILES string of the molecule is O=C(C1=CCC(=O)N([C@@H]2CCS(=O)(=O)C2)N1)N1CCc2ccccc2C1. The van der Waals surface area contributed by atoms with Gasteiger partial charge in [-0.2, -0.15) is 0 Å². The van der Waals surface area contributed by atoms with Gasteiger partial charge in [0.25, 0.3) is 5.91 Å². The van der Waals surface area contributed by atoms with Crippen molar-refractivity contribution in [3.8, 4) is 0 Å². The fraction of sp³-hybridized carbons (Fsp3) is 0.444. The van der Waals surface area contributed by atoms with Gasteiger partial charge in [-0.25, -0.2) is 8.42 Å². The molecule has 138 valence electrons. The maximum absolute atomic E-state index is 12.9. The second-order valence-electron chi connectivity index (χ2n) is 7.00. The first-order valence-electron chi connectivity index (χ1n) is 8.78. The molecule has 0 saturated carbocycles. The van der Waals surface area contributed by atoms with Crippen LogP contribution in [0.3, 0.4) is 0 Å². The Balaban J connectivity index is 1.48. The molecule has 26 heavy (non-hydrogen) atoms. The average Bonchev–Trinajstić information content (AvgIpc) is 3.01. The van der Waals surface area contributed by atoms with Crippen LogP contribution in [0, 0.1) is 0 Å². The lowest BCUT2D eigenvalue weighted by Gasteiger charge is -2.35. The molecule has 7 nitrogen and oxygen atoms in total. The van der Waals surface area contributed by atoms with Crippen molar-refractivity contribution in [3.05, 3.63) is 47.2 Å². The maximum Gasteiger partial charge on any atom is 0.271 e. The summed E-state index contributed by atoms with van der Waals surface area (Å²) in [7, 11) is -3.11. The number of nitrogens with one attached hydrogen (secondary N) is 1. The minimum atomic E-state index is -3.11. The zero-order chi connectivity index (χ0) is 18.3. The molecule has 0 radical (unpaired) electrons. The number of fused-ring (bicyclic) bond motifs is 1. The molecule has 1 atom stereocenters. The third kappa shape index (κ3) is 3.21. The number of carbonyl (C=O) groups is 2. The van der Waals surface area contributed by atoms with Crippen molar-refractivity contribution in [1.29, 1.82) is 0 Å². The number of carbonyl (C=O) groups excluding carboxylic acids is 2. The largest absolute Gasteiger partial charge is 0.333 e. The molecule has 1 aromatic carbocycles. The molecular weight excluding hydrogens is 354 g/mol. The summed E-state index contributed by atoms with van der Waals surface area (Å²) in [5.74, 6) is -0.325. The van der Waals surface area contributed by atoms with Crippen LogP contribution in [-0.2, 0) is 32.4 Å². The normalized spacial score (nSPS) is 24.7. The molecular formula is C18H21N3O4S. The monoisotopic (exact) mass is 375 g/mol. The summed E-state index contributed by atoms with van der Waals surface area (Å²) in [6.45, 7) is 1.17. The Morgan fingerprint density at radius 3 is 2.69 bits per heavy atom. The first-order valence-corrected chi connectivity index (χ1v) is 10.6. The number of rotatable bonds is 2. The fourth-order valence-electron chi connectivity index (χ4n) is 3.77. The molecule has 0 bridgehead atoms. The highest BCUT2D eigenvalue weighted by Crippen LogP contribution is 2.23. The Hall–Kier alpha value is -2.35. The Morgan fingerprint density at radius 2 is 1.96 bits per heavy atom. The van der Waals surface area contributed by atoms with Crippen molar-refractivity contribution >= 4 is 21.7 Å². The van der Waals surface area contributed by atoms with Crippen molar-refractivity contribution < 1.29 is 18.0 Å². The Morgan fingerprint density at radius 1 is 1.19 bits per heavy atom. The molecule has 4 rings (SSSR count). The molecule has 8 heteroatoms. The van der Waals surface area contributed by atoms with E-state index in [1.165, 1.54) is 10.6 Å². The Labute approximate surface area is 152 Å². The highest BCUT2D eigenvalue weighted by molar-refractivity contribution is 7.91. The number of hydrazine groups is 1. The number of sulfone groups is 1. The Kier molecular flexibility index (Phi) is 4.22. The summed E-state index contributed by atoms with van der Waals surface area (Å²) in [6, 6.07) is 7.66. The number of amides is 2. The van der Waals surface area contributed by atoms with Crippen molar-refractivity contribution in [2.24, 2.45) is 0 Å².